The van der Waals surface area contributed by atoms with Gasteiger partial charge in [-0.1, -0.05) is 42.1 Å². The van der Waals surface area contributed by atoms with E-state index in [0.29, 0.717) is 6.54 Å². The number of benzene rings is 2. The number of rotatable bonds is 5. The van der Waals surface area contributed by atoms with Crippen LogP contribution in [0, 0.1) is 5.92 Å². The minimum absolute atomic E-state index is 0.201. The molecule has 1 unspecified atom stereocenters. The third-order valence-corrected chi connectivity index (χ3v) is 4.95. The van der Waals surface area contributed by atoms with Crippen LogP contribution in [0.15, 0.2) is 64.4 Å². The zero-order chi connectivity index (χ0) is 15.4. The van der Waals surface area contributed by atoms with Gasteiger partial charge in [0.05, 0.1) is 5.92 Å². The minimum Gasteiger partial charge on any atom is -0.481 e. The molecule has 0 spiro atoms. The van der Waals surface area contributed by atoms with Crippen LogP contribution in [-0.4, -0.2) is 29.1 Å². The van der Waals surface area contributed by atoms with Gasteiger partial charge in [0.2, 0.25) is 0 Å². The van der Waals surface area contributed by atoms with E-state index >= 15 is 0 Å². The number of nitrogens with zero attached hydrogens (tertiary/aromatic N) is 1. The van der Waals surface area contributed by atoms with Gasteiger partial charge in [0, 0.05) is 22.9 Å². The number of hydrogen-bond acceptors (Lipinski definition) is 3. The standard InChI is InChI=1S/C18H19NO2S/c20-18(21)15-10-11-19(13-15)12-14-6-8-17(9-7-14)22-16-4-2-1-3-5-16/h1-9,15H,10-13H2,(H,20,21). The Balaban J connectivity index is 1.57. The molecule has 0 saturated carbocycles. The maximum atomic E-state index is 11.0. The van der Waals surface area contributed by atoms with E-state index < -0.39 is 5.97 Å². The molecule has 2 aromatic carbocycles. The molecule has 22 heavy (non-hydrogen) atoms. The zero-order valence-corrected chi connectivity index (χ0v) is 13.1. The maximum absolute atomic E-state index is 11.0. The van der Waals surface area contributed by atoms with Crippen LogP contribution in [0.4, 0.5) is 0 Å². The summed E-state index contributed by atoms with van der Waals surface area (Å²) in [5.74, 6) is -0.870. The van der Waals surface area contributed by atoms with E-state index in [0.717, 1.165) is 19.5 Å². The maximum Gasteiger partial charge on any atom is 0.307 e. The first kappa shape index (κ1) is 15.1. The second-order valence-corrected chi connectivity index (χ2v) is 6.76. The molecule has 3 nitrogen and oxygen atoms in total. The van der Waals surface area contributed by atoms with E-state index in [1.807, 2.05) is 18.2 Å². The van der Waals surface area contributed by atoms with Crippen LogP contribution in [0.25, 0.3) is 0 Å². The summed E-state index contributed by atoms with van der Waals surface area (Å²) in [6.45, 7) is 2.37. The van der Waals surface area contributed by atoms with Crippen LogP contribution in [-0.2, 0) is 11.3 Å². The Kier molecular flexibility index (Phi) is 4.80. The number of hydrogen-bond donors (Lipinski definition) is 1. The van der Waals surface area contributed by atoms with Crippen LogP contribution >= 0.6 is 11.8 Å². The Morgan fingerprint density at radius 3 is 2.41 bits per heavy atom. The van der Waals surface area contributed by atoms with Crippen LogP contribution in [0.1, 0.15) is 12.0 Å². The Morgan fingerprint density at radius 1 is 1.09 bits per heavy atom. The van der Waals surface area contributed by atoms with Gasteiger partial charge in [-0.2, -0.15) is 0 Å². The average molecular weight is 313 g/mol. The lowest BCUT2D eigenvalue weighted by Gasteiger charge is -2.15. The molecular weight excluding hydrogens is 294 g/mol. The van der Waals surface area contributed by atoms with Crippen molar-refractivity contribution in [1.82, 2.24) is 4.90 Å². The SMILES string of the molecule is O=C(O)C1CCN(Cc2ccc(Sc3ccccc3)cc2)C1. The molecule has 0 amide bonds. The molecule has 114 valence electrons. The summed E-state index contributed by atoms with van der Waals surface area (Å²) < 4.78 is 0. The highest BCUT2D eigenvalue weighted by Crippen LogP contribution is 2.28. The molecule has 1 heterocycles. The average Bonchev–Trinajstić information content (AvgIpc) is 2.99. The Labute approximate surface area is 135 Å². The predicted molar refractivity (Wildman–Crippen MR) is 88.0 cm³/mol. The summed E-state index contributed by atoms with van der Waals surface area (Å²) in [6, 6.07) is 18.9. The molecule has 3 rings (SSSR count). The van der Waals surface area contributed by atoms with Gasteiger partial charge in [0.15, 0.2) is 0 Å². The van der Waals surface area contributed by atoms with Gasteiger partial charge < -0.3 is 5.11 Å². The number of likely N-dealkylation sites (tertiary alicyclic amines) is 1. The summed E-state index contributed by atoms with van der Waals surface area (Å²) in [5, 5.41) is 9.04. The highest BCUT2D eigenvalue weighted by molar-refractivity contribution is 7.99. The number of aliphatic carboxylic acids is 1. The molecule has 1 aliphatic heterocycles. The smallest absolute Gasteiger partial charge is 0.307 e. The third-order valence-electron chi connectivity index (χ3n) is 3.93. The lowest BCUT2D eigenvalue weighted by molar-refractivity contribution is -0.141. The molecule has 1 saturated heterocycles. The molecule has 2 aromatic rings. The first-order valence-corrected chi connectivity index (χ1v) is 8.29. The Morgan fingerprint density at radius 2 is 1.77 bits per heavy atom. The van der Waals surface area contributed by atoms with Crippen molar-refractivity contribution in [3.05, 3.63) is 60.2 Å². The Bertz CT molecular complexity index is 627. The summed E-state index contributed by atoms with van der Waals surface area (Å²) in [6.07, 6.45) is 0.761. The van der Waals surface area contributed by atoms with Crippen molar-refractivity contribution in [3.63, 3.8) is 0 Å². The first-order valence-electron chi connectivity index (χ1n) is 7.48. The summed E-state index contributed by atoms with van der Waals surface area (Å²) in [7, 11) is 0. The molecular formula is C18H19NO2S. The van der Waals surface area contributed by atoms with Crippen molar-refractivity contribution < 1.29 is 9.90 Å². The molecule has 1 aliphatic rings. The Hall–Kier alpha value is -1.78. The topological polar surface area (TPSA) is 40.5 Å². The predicted octanol–water partition coefficient (Wildman–Crippen LogP) is 3.74. The minimum atomic E-state index is -0.669. The highest BCUT2D eigenvalue weighted by Gasteiger charge is 2.27. The normalized spacial score (nSPS) is 18.5. The zero-order valence-electron chi connectivity index (χ0n) is 12.3. The van der Waals surface area contributed by atoms with Crippen molar-refractivity contribution >= 4 is 17.7 Å². The van der Waals surface area contributed by atoms with Gasteiger partial charge in [0.1, 0.15) is 0 Å². The fraction of sp³-hybridized carbons (Fsp3) is 0.278. The molecule has 0 aromatic heterocycles. The van der Waals surface area contributed by atoms with Gasteiger partial charge >= 0.3 is 5.97 Å². The number of carboxylic acids is 1. The van der Waals surface area contributed by atoms with Gasteiger partial charge in [-0.15, -0.1) is 0 Å². The van der Waals surface area contributed by atoms with Crippen molar-refractivity contribution in [1.29, 1.82) is 0 Å². The molecule has 4 heteroatoms. The van der Waals surface area contributed by atoms with E-state index in [-0.39, 0.29) is 5.92 Å². The highest BCUT2D eigenvalue weighted by atomic mass is 32.2. The quantitative estimate of drug-likeness (QED) is 0.913. The van der Waals surface area contributed by atoms with Crippen LogP contribution in [0.3, 0.4) is 0 Å². The van der Waals surface area contributed by atoms with Crippen molar-refractivity contribution in [3.8, 4) is 0 Å². The van der Waals surface area contributed by atoms with Gasteiger partial charge in [-0.25, -0.2) is 0 Å². The number of carbonyl (C=O) groups is 1. The van der Waals surface area contributed by atoms with E-state index in [1.165, 1.54) is 15.4 Å². The first-order chi connectivity index (χ1) is 10.7. The molecule has 1 N–H and O–H groups in total. The summed E-state index contributed by atoms with van der Waals surface area (Å²) in [4.78, 5) is 15.7. The lowest BCUT2D eigenvalue weighted by atomic mass is 10.1. The van der Waals surface area contributed by atoms with E-state index in [4.69, 9.17) is 5.11 Å². The molecule has 0 radical (unpaired) electrons. The fourth-order valence-electron chi connectivity index (χ4n) is 2.72. The van der Waals surface area contributed by atoms with Crippen LogP contribution in [0.2, 0.25) is 0 Å². The van der Waals surface area contributed by atoms with E-state index in [1.54, 1.807) is 11.8 Å². The summed E-state index contributed by atoms with van der Waals surface area (Å²) in [5.41, 5.74) is 1.24. The molecule has 1 atom stereocenters. The van der Waals surface area contributed by atoms with Gasteiger partial charge in [-0.05, 0) is 42.8 Å². The summed E-state index contributed by atoms with van der Waals surface area (Å²) >= 11 is 1.75. The molecule has 0 bridgehead atoms. The van der Waals surface area contributed by atoms with Gasteiger partial charge in [-0.3, -0.25) is 9.69 Å². The lowest BCUT2D eigenvalue weighted by Crippen LogP contribution is -2.22. The monoisotopic (exact) mass is 313 g/mol. The van der Waals surface area contributed by atoms with Crippen molar-refractivity contribution in [2.75, 3.05) is 13.1 Å². The third kappa shape index (κ3) is 3.90. The van der Waals surface area contributed by atoms with Crippen LogP contribution in [0.5, 0.6) is 0 Å². The van der Waals surface area contributed by atoms with Crippen molar-refractivity contribution in [2.24, 2.45) is 5.92 Å². The molecule has 1 fully saturated rings. The van der Waals surface area contributed by atoms with E-state index in [2.05, 4.69) is 41.3 Å². The second kappa shape index (κ2) is 6.99. The van der Waals surface area contributed by atoms with Crippen molar-refractivity contribution in [2.45, 2.75) is 22.8 Å². The second-order valence-electron chi connectivity index (χ2n) is 5.62. The van der Waals surface area contributed by atoms with E-state index in [9.17, 15) is 4.79 Å². The largest absolute Gasteiger partial charge is 0.481 e. The van der Waals surface area contributed by atoms with Crippen LogP contribution < -0.4 is 0 Å². The number of carboxylic acid groups (broad SMARTS) is 1. The van der Waals surface area contributed by atoms with Gasteiger partial charge in [0.25, 0.3) is 0 Å². The fourth-order valence-corrected chi connectivity index (χ4v) is 3.56. The molecule has 0 aliphatic carbocycles.